The summed E-state index contributed by atoms with van der Waals surface area (Å²) in [4.78, 5) is 0. The predicted octanol–water partition coefficient (Wildman–Crippen LogP) is 4.21. The molecular weight excluding hydrogens is 220 g/mol. The zero-order chi connectivity index (χ0) is 13.0. The molecule has 2 unspecified atom stereocenters. The summed E-state index contributed by atoms with van der Waals surface area (Å²) in [6, 6.07) is 6.18. The van der Waals surface area contributed by atoms with Crippen molar-refractivity contribution in [2.24, 2.45) is 11.8 Å². The number of hydrogen-bond acceptors (Lipinski definition) is 2. The van der Waals surface area contributed by atoms with E-state index in [1.54, 1.807) is 0 Å². The number of rotatable bonds is 4. The molecule has 2 atom stereocenters. The average molecular weight is 246 g/mol. The molecule has 1 fully saturated rings. The maximum atomic E-state index is 5.97. The molecule has 0 saturated heterocycles. The van der Waals surface area contributed by atoms with Crippen LogP contribution in [0.2, 0.25) is 0 Å². The predicted molar refractivity (Wildman–Crippen MR) is 79.8 cm³/mol. The zero-order valence-corrected chi connectivity index (χ0v) is 11.7. The number of nitrogens with one attached hydrogen (secondary N) is 1. The van der Waals surface area contributed by atoms with Crippen LogP contribution in [0.4, 0.5) is 11.4 Å². The Kier molecular flexibility index (Phi) is 4.51. The number of nitrogen functional groups attached to an aromatic ring is 1. The molecule has 100 valence electrons. The Balaban J connectivity index is 1.79. The summed E-state index contributed by atoms with van der Waals surface area (Å²) in [6.07, 6.45) is 6.94. The smallest absolute Gasteiger partial charge is 0.0576 e. The van der Waals surface area contributed by atoms with Crippen LogP contribution in [0.25, 0.3) is 0 Å². The molecule has 2 nitrogen and oxygen atoms in total. The fourth-order valence-corrected chi connectivity index (χ4v) is 3.06. The van der Waals surface area contributed by atoms with Crippen molar-refractivity contribution in [2.75, 3.05) is 17.6 Å². The third-order valence-corrected chi connectivity index (χ3v) is 4.12. The minimum absolute atomic E-state index is 0.859. The molecule has 1 aromatic carbocycles. The van der Waals surface area contributed by atoms with Crippen molar-refractivity contribution in [3.05, 3.63) is 23.8 Å². The van der Waals surface area contributed by atoms with Gasteiger partial charge in [0.2, 0.25) is 0 Å². The van der Waals surface area contributed by atoms with Crippen LogP contribution in [0.1, 0.15) is 44.6 Å². The quantitative estimate of drug-likeness (QED) is 0.781. The Hall–Kier alpha value is -1.18. The van der Waals surface area contributed by atoms with E-state index in [-0.39, 0.29) is 0 Å². The fourth-order valence-electron chi connectivity index (χ4n) is 3.06. The third-order valence-electron chi connectivity index (χ3n) is 4.12. The second-order valence-corrected chi connectivity index (χ2v) is 5.94. The van der Waals surface area contributed by atoms with Gasteiger partial charge in [-0.1, -0.05) is 32.3 Å². The molecule has 1 aliphatic carbocycles. The van der Waals surface area contributed by atoms with Crippen molar-refractivity contribution in [2.45, 2.75) is 46.0 Å². The van der Waals surface area contributed by atoms with Crippen molar-refractivity contribution >= 4 is 11.4 Å². The SMILES string of the molecule is Cc1ccc(N)c(NCCC2CCCC(C)C2)c1. The highest BCUT2D eigenvalue weighted by Gasteiger charge is 2.18. The maximum Gasteiger partial charge on any atom is 0.0576 e. The second kappa shape index (κ2) is 6.12. The molecule has 2 heteroatoms. The van der Waals surface area contributed by atoms with Gasteiger partial charge in [0.15, 0.2) is 0 Å². The highest BCUT2D eigenvalue weighted by atomic mass is 14.9. The van der Waals surface area contributed by atoms with Crippen LogP contribution in [-0.4, -0.2) is 6.54 Å². The van der Waals surface area contributed by atoms with Crippen molar-refractivity contribution in [3.8, 4) is 0 Å². The van der Waals surface area contributed by atoms with Gasteiger partial charge in [-0.25, -0.2) is 0 Å². The van der Waals surface area contributed by atoms with Gasteiger partial charge in [-0.15, -0.1) is 0 Å². The summed E-state index contributed by atoms with van der Waals surface area (Å²) < 4.78 is 0. The van der Waals surface area contributed by atoms with Crippen molar-refractivity contribution < 1.29 is 0 Å². The maximum absolute atomic E-state index is 5.97. The molecule has 0 aromatic heterocycles. The number of aryl methyl sites for hydroxylation is 1. The van der Waals surface area contributed by atoms with E-state index >= 15 is 0 Å². The van der Waals surface area contributed by atoms with E-state index in [9.17, 15) is 0 Å². The molecule has 1 saturated carbocycles. The lowest BCUT2D eigenvalue weighted by atomic mass is 9.81. The van der Waals surface area contributed by atoms with Gasteiger partial charge in [0, 0.05) is 6.54 Å². The molecule has 0 bridgehead atoms. The minimum atomic E-state index is 0.859. The molecule has 0 spiro atoms. The van der Waals surface area contributed by atoms with Gasteiger partial charge >= 0.3 is 0 Å². The van der Waals surface area contributed by atoms with E-state index in [0.29, 0.717) is 0 Å². The molecule has 0 radical (unpaired) electrons. The first kappa shape index (κ1) is 13.3. The van der Waals surface area contributed by atoms with Gasteiger partial charge in [-0.2, -0.15) is 0 Å². The summed E-state index contributed by atoms with van der Waals surface area (Å²) in [5.74, 6) is 1.83. The topological polar surface area (TPSA) is 38.0 Å². The Labute approximate surface area is 111 Å². The van der Waals surface area contributed by atoms with E-state index in [0.717, 1.165) is 29.8 Å². The summed E-state index contributed by atoms with van der Waals surface area (Å²) >= 11 is 0. The van der Waals surface area contributed by atoms with E-state index in [2.05, 4.69) is 31.3 Å². The normalized spacial score (nSPS) is 23.9. The molecule has 0 amide bonds. The summed E-state index contributed by atoms with van der Waals surface area (Å²) in [7, 11) is 0. The molecule has 0 heterocycles. The van der Waals surface area contributed by atoms with E-state index < -0.39 is 0 Å². The Bertz CT molecular complexity index is 387. The summed E-state index contributed by atoms with van der Waals surface area (Å²) in [5, 5.41) is 3.49. The Morgan fingerprint density at radius 1 is 1.33 bits per heavy atom. The Morgan fingerprint density at radius 3 is 2.94 bits per heavy atom. The van der Waals surface area contributed by atoms with Gasteiger partial charge in [0.1, 0.15) is 0 Å². The molecule has 1 aliphatic rings. The van der Waals surface area contributed by atoms with Crippen LogP contribution >= 0.6 is 0 Å². The first-order valence-electron chi connectivity index (χ1n) is 7.25. The Morgan fingerprint density at radius 2 is 2.17 bits per heavy atom. The molecule has 3 N–H and O–H groups in total. The monoisotopic (exact) mass is 246 g/mol. The molecule has 2 rings (SSSR count). The van der Waals surface area contributed by atoms with Crippen LogP contribution < -0.4 is 11.1 Å². The van der Waals surface area contributed by atoms with Crippen LogP contribution in [0.15, 0.2) is 18.2 Å². The van der Waals surface area contributed by atoms with E-state index in [1.807, 2.05) is 6.07 Å². The fraction of sp³-hybridized carbons (Fsp3) is 0.625. The van der Waals surface area contributed by atoms with Gasteiger partial charge in [-0.05, 0) is 49.3 Å². The van der Waals surface area contributed by atoms with Crippen LogP contribution in [-0.2, 0) is 0 Å². The van der Waals surface area contributed by atoms with Gasteiger partial charge in [0.25, 0.3) is 0 Å². The third kappa shape index (κ3) is 3.66. The first-order valence-corrected chi connectivity index (χ1v) is 7.25. The van der Waals surface area contributed by atoms with Crippen molar-refractivity contribution in [1.29, 1.82) is 0 Å². The number of hydrogen-bond donors (Lipinski definition) is 2. The lowest BCUT2D eigenvalue weighted by Crippen LogP contribution is -2.16. The molecule has 1 aromatic rings. The average Bonchev–Trinajstić information content (AvgIpc) is 2.34. The van der Waals surface area contributed by atoms with Crippen LogP contribution in [0.3, 0.4) is 0 Å². The van der Waals surface area contributed by atoms with Crippen molar-refractivity contribution in [3.63, 3.8) is 0 Å². The number of anilines is 2. The zero-order valence-electron chi connectivity index (χ0n) is 11.7. The van der Waals surface area contributed by atoms with Crippen molar-refractivity contribution in [1.82, 2.24) is 0 Å². The second-order valence-electron chi connectivity index (χ2n) is 5.94. The van der Waals surface area contributed by atoms with Gasteiger partial charge in [0.05, 0.1) is 11.4 Å². The number of nitrogens with two attached hydrogens (primary N) is 1. The van der Waals surface area contributed by atoms with E-state index in [4.69, 9.17) is 5.73 Å². The summed E-state index contributed by atoms with van der Waals surface area (Å²) in [6.45, 7) is 5.54. The van der Waals surface area contributed by atoms with Gasteiger partial charge < -0.3 is 11.1 Å². The number of benzene rings is 1. The first-order chi connectivity index (χ1) is 8.65. The molecule has 18 heavy (non-hydrogen) atoms. The largest absolute Gasteiger partial charge is 0.397 e. The molecular formula is C16H26N2. The highest BCUT2D eigenvalue weighted by molar-refractivity contribution is 5.66. The van der Waals surface area contributed by atoms with Crippen LogP contribution in [0, 0.1) is 18.8 Å². The lowest BCUT2D eigenvalue weighted by molar-refractivity contribution is 0.274. The van der Waals surface area contributed by atoms with Crippen LogP contribution in [0.5, 0.6) is 0 Å². The van der Waals surface area contributed by atoms with E-state index in [1.165, 1.54) is 37.7 Å². The lowest BCUT2D eigenvalue weighted by Gasteiger charge is -2.26. The highest BCUT2D eigenvalue weighted by Crippen LogP contribution is 2.30. The molecule has 0 aliphatic heterocycles. The minimum Gasteiger partial charge on any atom is -0.397 e. The summed E-state index contributed by atoms with van der Waals surface area (Å²) in [5.41, 5.74) is 9.19. The van der Waals surface area contributed by atoms with Gasteiger partial charge in [-0.3, -0.25) is 0 Å². The standard InChI is InChI=1S/C16H26N2/c1-12-4-3-5-14(10-12)8-9-18-16-11-13(2)6-7-15(16)17/h6-7,11-12,14,18H,3-5,8-10,17H2,1-2H3.